The van der Waals surface area contributed by atoms with E-state index in [2.05, 4.69) is 4.74 Å². The summed E-state index contributed by atoms with van der Waals surface area (Å²) in [6.07, 6.45) is -0.861. The highest BCUT2D eigenvalue weighted by Gasteiger charge is 2.13. The smallest absolute Gasteiger partial charge is 0.413 e. The predicted molar refractivity (Wildman–Crippen MR) is 71.4 cm³/mol. The standard InChI is InChI=1S/C14H17NO5/c1-4-19-14(18)15-12(16)8-20-13(17)11-6-9(2)5-10(3)7-11/h5-7H,4,8H2,1-3H3,(H,15,16,18). The molecule has 0 spiro atoms. The number of benzene rings is 1. The number of aryl methyl sites for hydroxylation is 2. The Morgan fingerprint density at radius 3 is 2.20 bits per heavy atom. The van der Waals surface area contributed by atoms with E-state index in [0.29, 0.717) is 5.56 Å². The van der Waals surface area contributed by atoms with Crippen molar-refractivity contribution in [2.45, 2.75) is 20.8 Å². The van der Waals surface area contributed by atoms with Gasteiger partial charge in [0, 0.05) is 0 Å². The van der Waals surface area contributed by atoms with Gasteiger partial charge in [0.1, 0.15) is 0 Å². The number of hydrogen-bond acceptors (Lipinski definition) is 5. The zero-order valence-electron chi connectivity index (χ0n) is 11.7. The fraction of sp³-hybridized carbons (Fsp3) is 0.357. The summed E-state index contributed by atoms with van der Waals surface area (Å²) >= 11 is 0. The first-order valence-electron chi connectivity index (χ1n) is 6.14. The number of esters is 1. The van der Waals surface area contributed by atoms with Crippen molar-refractivity contribution in [2.75, 3.05) is 13.2 Å². The van der Waals surface area contributed by atoms with Gasteiger partial charge in [-0.05, 0) is 32.9 Å². The summed E-state index contributed by atoms with van der Waals surface area (Å²) in [7, 11) is 0. The predicted octanol–water partition coefficient (Wildman–Crippen LogP) is 1.73. The van der Waals surface area contributed by atoms with E-state index in [0.717, 1.165) is 11.1 Å². The molecule has 1 aromatic rings. The van der Waals surface area contributed by atoms with Crippen LogP contribution in [0.4, 0.5) is 4.79 Å². The number of hydrogen-bond donors (Lipinski definition) is 1. The van der Waals surface area contributed by atoms with Gasteiger partial charge in [-0.1, -0.05) is 17.2 Å². The molecular formula is C14H17NO5. The number of imide groups is 1. The first-order chi connectivity index (χ1) is 9.42. The van der Waals surface area contributed by atoms with Crippen LogP contribution in [0.15, 0.2) is 18.2 Å². The largest absolute Gasteiger partial charge is 0.452 e. The van der Waals surface area contributed by atoms with E-state index >= 15 is 0 Å². The van der Waals surface area contributed by atoms with Crippen molar-refractivity contribution in [2.24, 2.45) is 0 Å². The molecule has 0 heterocycles. The third-order valence-corrected chi connectivity index (χ3v) is 2.31. The van der Waals surface area contributed by atoms with Gasteiger partial charge in [0.05, 0.1) is 12.2 Å². The average molecular weight is 279 g/mol. The Morgan fingerprint density at radius 1 is 1.05 bits per heavy atom. The number of ether oxygens (including phenoxy) is 2. The van der Waals surface area contributed by atoms with Gasteiger partial charge < -0.3 is 9.47 Å². The van der Waals surface area contributed by atoms with Gasteiger partial charge in [0.15, 0.2) is 6.61 Å². The molecule has 0 bridgehead atoms. The molecule has 0 fully saturated rings. The Morgan fingerprint density at radius 2 is 1.65 bits per heavy atom. The maximum Gasteiger partial charge on any atom is 0.413 e. The number of rotatable bonds is 4. The first-order valence-corrected chi connectivity index (χ1v) is 6.14. The number of carbonyl (C=O) groups excluding carboxylic acids is 3. The van der Waals surface area contributed by atoms with Crippen LogP contribution in [-0.4, -0.2) is 31.2 Å². The van der Waals surface area contributed by atoms with Crippen molar-refractivity contribution in [3.8, 4) is 0 Å². The van der Waals surface area contributed by atoms with Gasteiger partial charge in [0.2, 0.25) is 0 Å². The van der Waals surface area contributed by atoms with Crippen LogP contribution in [0.3, 0.4) is 0 Å². The molecule has 0 aliphatic carbocycles. The van der Waals surface area contributed by atoms with Crippen molar-refractivity contribution >= 4 is 18.0 Å². The van der Waals surface area contributed by atoms with E-state index in [1.54, 1.807) is 19.1 Å². The zero-order chi connectivity index (χ0) is 15.1. The second kappa shape index (κ2) is 7.28. The summed E-state index contributed by atoms with van der Waals surface area (Å²) in [5, 5.41) is 1.93. The molecule has 0 radical (unpaired) electrons. The fourth-order valence-corrected chi connectivity index (χ4v) is 1.62. The molecule has 6 nitrogen and oxygen atoms in total. The molecule has 0 aliphatic heterocycles. The van der Waals surface area contributed by atoms with Crippen molar-refractivity contribution in [3.63, 3.8) is 0 Å². The van der Waals surface area contributed by atoms with E-state index < -0.39 is 24.6 Å². The summed E-state index contributed by atoms with van der Waals surface area (Å²) in [4.78, 5) is 34.0. The van der Waals surface area contributed by atoms with Gasteiger partial charge in [-0.15, -0.1) is 0 Å². The van der Waals surface area contributed by atoms with Crippen LogP contribution in [0.2, 0.25) is 0 Å². The van der Waals surface area contributed by atoms with Gasteiger partial charge >= 0.3 is 12.1 Å². The molecule has 108 valence electrons. The van der Waals surface area contributed by atoms with Crippen LogP contribution in [0.25, 0.3) is 0 Å². The number of amides is 2. The van der Waals surface area contributed by atoms with Crippen molar-refractivity contribution < 1.29 is 23.9 Å². The molecule has 0 unspecified atom stereocenters. The summed E-state index contributed by atoms with van der Waals surface area (Å²) in [5.41, 5.74) is 2.22. The highest BCUT2D eigenvalue weighted by atomic mass is 16.6. The Kier molecular flexibility index (Phi) is 5.71. The van der Waals surface area contributed by atoms with Crippen LogP contribution < -0.4 is 5.32 Å². The second-order valence-corrected chi connectivity index (χ2v) is 4.22. The fourth-order valence-electron chi connectivity index (χ4n) is 1.62. The maximum absolute atomic E-state index is 11.7. The maximum atomic E-state index is 11.7. The minimum atomic E-state index is -0.861. The Balaban J connectivity index is 2.50. The Labute approximate surface area is 117 Å². The molecule has 2 amide bonds. The summed E-state index contributed by atoms with van der Waals surface area (Å²) in [6, 6.07) is 5.25. The number of carbonyl (C=O) groups is 3. The van der Waals surface area contributed by atoms with Gasteiger partial charge in [-0.3, -0.25) is 10.1 Å². The Bertz CT molecular complexity index is 504. The molecule has 0 atom stereocenters. The van der Waals surface area contributed by atoms with Crippen LogP contribution in [-0.2, 0) is 14.3 Å². The molecule has 0 aromatic heterocycles. The third kappa shape index (κ3) is 5.09. The van der Waals surface area contributed by atoms with E-state index in [4.69, 9.17) is 4.74 Å². The number of alkyl carbamates (subject to hydrolysis) is 1. The average Bonchev–Trinajstić information content (AvgIpc) is 2.35. The lowest BCUT2D eigenvalue weighted by Gasteiger charge is -2.07. The minimum absolute atomic E-state index is 0.154. The number of nitrogens with one attached hydrogen (secondary N) is 1. The van der Waals surface area contributed by atoms with Crippen molar-refractivity contribution in [1.82, 2.24) is 5.32 Å². The van der Waals surface area contributed by atoms with E-state index in [9.17, 15) is 14.4 Å². The third-order valence-electron chi connectivity index (χ3n) is 2.31. The van der Waals surface area contributed by atoms with Gasteiger partial charge in [-0.25, -0.2) is 9.59 Å². The van der Waals surface area contributed by atoms with Crippen LogP contribution in [0.1, 0.15) is 28.4 Å². The summed E-state index contributed by atoms with van der Waals surface area (Å²) in [5.74, 6) is -1.35. The van der Waals surface area contributed by atoms with E-state index in [-0.39, 0.29) is 6.61 Å². The summed E-state index contributed by atoms with van der Waals surface area (Å²) in [6.45, 7) is 4.95. The molecule has 1 N–H and O–H groups in total. The van der Waals surface area contributed by atoms with E-state index in [1.807, 2.05) is 25.2 Å². The van der Waals surface area contributed by atoms with Crippen molar-refractivity contribution in [3.05, 3.63) is 34.9 Å². The molecule has 1 rings (SSSR count). The zero-order valence-corrected chi connectivity index (χ0v) is 11.7. The molecule has 0 saturated carbocycles. The van der Waals surface area contributed by atoms with Gasteiger partial charge in [-0.2, -0.15) is 0 Å². The lowest BCUT2D eigenvalue weighted by Crippen LogP contribution is -2.34. The van der Waals surface area contributed by atoms with Crippen LogP contribution in [0.5, 0.6) is 0 Å². The molecule has 20 heavy (non-hydrogen) atoms. The minimum Gasteiger partial charge on any atom is -0.452 e. The Hall–Kier alpha value is -2.37. The van der Waals surface area contributed by atoms with Crippen LogP contribution >= 0.6 is 0 Å². The highest BCUT2D eigenvalue weighted by molar-refractivity contribution is 5.95. The normalized spacial score (nSPS) is 9.75. The lowest BCUT2D eigenvalue weighted by atomic mass is 10.1. The molecule has 0 aliphatic rings. The van der Waals surface area contributed by atoms with Crippen molar-refractivity contribution in [1.29, 1.82) is 0 Å². The highest BCUT2D eigenvalue weighted by Crippen LogP contribution is 2.09. The molecule has 1 aromatic carbocycles. The second-order valence-electron chi connectivity index (χ2n) is 4.22. The van der Waals surface area contributed by atoms with E-state index in [1.165, 1.54) is 0 Å². The van der Waals surface area contributed by atoms with Gasteiger partial charge in [0.25, 0.3) is 5.91 Å². The summed E-state index contributed by atoms with van der Waals surface area (Å²) < 4.78 is 9.34. The molecule has 6 heteroatoms. The van der Waals surface area contributed by atoms with Crippen LogP contribution in [0, 0.1) is 13.8 Å². The monoisotopic (exact) mass is 279 g/mol. The topological polar surface area (TPSA) is 81.7 Å². The SMILES string of the molecule is CCOC(=O)NC(=O)COC(=O)c1cc(C)cc(C)c1. The molecule has 0 saturated heterocycles. The first kappa shape index (κ1) is 15.7. The molecular weight excluding hydrogens is 262 g/mol. The quantitative estimate of drug-likeness (QED) is 0.849. The lowest BCUT2D eigenvalue weighted by molar-refractivity contribution is -0.123.